The first-order valence-electron chi connectivity index (χ1n) is 8.84. The summed E-state index contributed by atoms with van der Waals surface area (Å²) in [5, 5.41) is 12.1. The van der Waals surface area contributed by atoms with Gasteiger partial charge in [0, 0.05) is 18.9 Å². The fourth-order valence-corrected chi connectivity index (χ4v) is 3.13. The molecule has 28 heavy (non-hydrogen) atoms. The van der Waals surface area contributed by atoms with Gasteiger partial charge in [-0.3, -0.25) is 9.48 Å². The van der Waals surface area contributed by atoms with E-state index in [4.69, 9.17) is 0 Å². The molecule has 3 aromatic heterocycles. The fourth-order valence-electron chi connectivity index (χ4n) is 3.13. The number of para-hydroxylation sites is 1. The summed E-state index contributed by atoms with van der Waals surface area (Å²) in [4.78, 5) is 17.4. The predicted molar refractivity (Wildman–Crippen MR) is 103 cm³/mol. The lowest BCUT2D eigenvalue weighted by atomic mass is 10.1. The summed E-state index contributed by atoms with van der Waals surface area (Å²) in [5.74, 6) is -0.674. The number of hydrogen-bond donors (Lipinski definition) is 1. The van der Waals surface area contributed by atoms with Crippen molar-refractivity contribution in [1.29, 1.82) is 0 Å². The number of aryl methyl sites for hydroxylation is 2. The van der Waals surface area contributed by atoms with Crippen LogP contribution in [0.2, 0.25) is 0 Å². The molecule has 1 N–H and O–H groups in total. The molecule has 1 atom stereocenters. The highest BCUT2D eigenvalue weighted by Gasteiger charge is 2.20. The second-order valence-electron chi connectivity index (χ2n) is 6.67. The number of aromatic nitrogens is 5. The third-order valence-corrected chi connectivity index (χ3v) is 4.52. The van der Waals surface area contributed by atoms with Crippen molar-refractivity contribution in [3.63, 3.8) is 0 Å². The first kappa shape index (κ1) is 17.8. The number of halogens is 1. The highest BCUT2D eigenvalue weighted by molar-refractivity contribution is 6.05. The zero-order valence-electron chi connectivity index (χ0n) is 15.7. The molecule has 7 nitrogen and oxygen atoms in total. The average molecular weight is 378 g/mol. The van der Waals surface area contributed by atoms with Crippen LogP contribution in [0.15, 0.2) is 48.8 Å². The molecule has 4 rings (SSSR count). The topological polar surface area (TPSA) is 77.6 Å². The molecule has 8 heteroatoms. The third-order valence-electron chi connectivity index (χ3n) is 4.52. The molecule has 1 aromatic carbocycles. The molecular formula is C20H19FN6O. The number of benzene rings is 1. The number of carbonyl (C=O) groups excluding carboxylic acids is 1. The van der Waals surface area contributed by atoms with Gasteiger partial charge in [-0.2, -0.15) is 10.2 Å². The smallest absolute Gasteiger partial charge is 0.252 e. The highest BCUT2D eigenvalue weighted by Crippen LogP contribution is 2.23. The van der Waals surface area contributed by atoms with Crippen LogP contribution in [0.5, 0.6) is 0 Å². The molecule has 0 unspecified atom stereocenters. The Labute approximate surface area is 160 Å². The number of carbonyl (C=O) groups is 1. The Bertz CT molecular complexity index is 1180. The Balaban J connectivity index is 1.74. The van der Waals surface area contributed by atoms with E-state index < -0.39 is 5.82 Å². The molecule has 0 saturated heterocycles. The maximum Gasteiger partial charge on any atom is 0.252 e. The van der Waals surface area contributed by atoms with E-state index in [0.29, 0.717) is 22.3 Å². The summed E-state index contributed by atoms with van der Waals surface area (Å²) in [6, 6.07) is 9.62. The van der Waals surface area contributed by atoms with Crippen LogP contribution in [-0.2, 0) is 7.05 Å². The van der Waals surface area contributed by atoms with Crippen LogP contribution in [-0.4, -0.2) is 30.5 Å². The Morgan fingerprint density at radius 3 is 2.75 bits per heavy atom. The first-order chi connectivity index (χ1) is 13.4. The van der Waals surface area contributed by atoms with Crippen LogP contribution in [0, 0.1) is 12.7 Å². The van der Waals surface area contributed by atoms with Crippen molar-refractivity contribution in [2.24, 2.45) is 7.05 Å². The van der Waals surface area contributed by atoms with Gasteiger partial charge < -0.3 is 5.32 Å². The fraction of sp³-hybridized carbons (Fsp3) is 0.200. The van der Waals surface area contributed by atoms with Gasteiger partial charge in [-0.1, -0.05) is 12.1 Å². The molecule has 1 amide bonds. The van der Waals surface area contributed by atoms with E-state index in [1.54, 1.807) is 35.9 Å². The summed E-state index contributed by atoms with van der Waals surface area (Å²) in [5.41, 5.74) is 2.55. The van der Waals surface area contributed by atoms with Gasteiger partial charge in [0.1, 0.15) is 11.5 Å². The van der Waals surface area contributed by atoms with Gasteiger partial charge in [0.2, 0.25) is 0 Å². The lowest BCUT2D eigenvalue weighted by Crippen LogP contribution is -2.27. The van der Waals surface area contributed by atoms with Crippen molar-refractivity contribution in [2.45, 2.75) is 19.9 Å². The second kappa shape index (κ2) is 6.88. The van der Waals surface area contributed by atoms with Crippen molar-refractivity contribution >= 4 is 16.9 Å². The summed E-state index contributed by atoms with van der Waals surface area (Å²) in [6.45, 7) is 3.66. The number of rotatable bonds is 4. The maximum atomic E-state index is 14.2. The van der Waals surface area contributed by atoms with Crippen LogP contribution >= 0.6 is 0 Å². The van der Waals surface area contributed by atoms with Crippen LogP contribution in [0.3, 0.4) is 0 Å². The van der Waals surface area contributed by atoms with Crippen LogP contribution in [0.25, 0.3) is 16.7 Å². The van der Waals surface area contributed by atoms with Gasteiger partial charge in [-0.05, 0) is 38.1 Å². The summed E-state index contributed by atoms with van der Waals surface area (Å²) in [7, 11) is 1.82. The predicted octanol–water partition coefficient (Wildman–Crippen LogP) is 3.09. The first-order valence-corrected chi connectivity index (χ1v) is 8.84. The van der Waals surface area contributed by atoms with E-state index in [2.05, 4.69) is 20.5 Å². The molecular weight excluding hydrogens is 359 g/mol. The molecule has 0 radical (unpaired) electrons. The lowest BCUT2D eigenvalue weighted by molar-refractivity contribution is 0.0940. The summed E-state index contributed by atoms with van der Waals surface area (Å²) >= 11 is 0. The van der Waals surface area contributed by atoms with Crippen molar-refractivity contribution in [3.05, 3.63) is 71.6 Å². The van der Waals surface area contributed by atoms with Crippen molar-refractivity contribution in [3.8, 4) is 5.69 Å². The lowest BCUT2D eigenvalue weighted by Gasteiger charge is -2.13. The van der Waals surface area contributed by atoms with Crippen molar-refractivity contribution < 1.29 is 9.18 Å². The molecule has 142 valence electrons. The minimum absolute atomic E-state index is 0.262. The van der Waals surface area contributed by atoms with Crippen LogP contribution < -0.4 is 5.32 Å². The molecule has 0 fully saturated rings. The zero-order valence-corrected chi connectivity index (χ0v) is 15.7. The number of fused-ring (bicyclic) bond motifs is 1. The van der Waals surface area contributed by atoms with Gasteiger partial charge in [-0.25, -0.2) is 14.1 Å². The molecule has 0 saturated carbocycles. The summed E-state index contributed by atoms with van der Waals surface area (Å²) in [6.07, 6.45) is 3.36. The van der Waals surface area contributed by atoms with E-state index in [9.17, 15) is 9.18 Å². The number of nitrogens with zero attached hydrogens (tertiary/aromatic N) is 5. The standard InChI is InChI=1S/C20H19FN6O/c1-12-10-14(20(28)24-13(2)17-8-9-26(3)25-17)15-11-22-27(19(15)23-12)18-7-5-4-6-16(18)21/h4-11,13H,1-3H3,(H,24,28)/t13-/m1/s1. The highest BCUT2D eigenvalue weighted by atomic mass is 19.1. The third kappa shape index (κ3) is 3.13. The Morgan fingerprint density at radius 2 is 2.04 bits per heavy atom. The monoisotopic (exact) mass is 378 g/mol. The molecule has 0 aliphatic carbocycles. The SMILES string of the molecule is Cc1cc(C(=O)N[C@H](C)c2ccn(C)n2)c2cnn(-c3ccccc3F)c2n1. The second-order valence-corrected chi connectivity index (χ2v) is 6.67. The Hall–Kier alpha value is -3.55. The van der Waals surface area contributed by atoms with Gasteiger partial charge >= 0.3 is 0 Å². The minimum Gasteiger partial charge on any atom is -0.344 e. The molecule has 4 aromatic rings. The van der Waals surface area contributed by atoms with Crippen molar-refractivity contribution in [2.75, 3.05) is 0 Å². The zero-order chi connectivity index (χ0) is 19.8. The van der Waals surface area contributed by atoms with Gasteiger partial charge in [0.05, 0.1) is 28.9 Å². The molecule has 3 heterocycles. The normalized spacial score (nSPS) is 12.3. The van der Waals surface area contributed by atoms with E-state index in [-0.39, 0.29) is 17.6 Å². The van der Waals surface area contributed by atoms with E-state index in [1.165, 1.54) is 16.9 Å². The summed E-state index contributed by atoms with van der Waals surface area (Å²) < 4.78 is 17.3. The quantitative estimate of drug-likeness (QED) is 0.592. The van der Waals surface area contributed by atoms with Crippen LogP contribution in [0.4, 0.5) is 4.39 Å². The van der Waals surface area contributed by atoms with Crippen LogP contribution in [0.1, 0.15) is 34.7 Å². The van der Waals surface area contributed by atoms with Gasteiger partial charge in [-0.15, -0.1) is 0 Å². The minimum atomic E-state index is -0.411. The van der Waals surface area contributed by atoms with Crippen molar-refractivity contribution in [1.82, 2.24) is 29.9 Å². The Kier molecular flexibility index (Phi) is 4.38. The van der Waals surface area contributed by atoms with E-state index in [0.717, 1.165) is 5.69 Å². The Morgan fingerprint density at radius 1 is 1.25 bits per heavy atom. The van der Waals surface area contributed by atoms with Gasteiger partial charge in [0.15, 0.2) is 5.65 Å². The number of hydrogen-bond acceptors (Lipinski definition) is 4. The molecule has 0 spiro atoms. The largest absolute Gasteiger partial charge is 0.344 e. The number of nitrogens with one attached hydrogen (secondary N) is 1. The maximum absolute atomic E-state index is 14.2. The van der Waals surface area contributed by atoms with Gasteiger partial charge in [0.25, 0.3) is 5.91 Å². The molecule has 0 bridgehead atoms. The molecule has 0 aliphatic rings. The number of amides is 1. The number of pyridine rings is 1. The average Bonchev–Trinajstić information content (AvgIpc) is 3.28. The molecule has 0 aliphatic heterocycles. The van der Waals surface area contributed by atoms with E-state index >= 15 is 0 Å². The van der Waals surface area contributed by atoms with E-state index in [1.807, 2.05) is 26.2 Å².